The van der Waals surface area contributed by atoms with E-state index in [4.69, 9.17) is 10.5 Å². The van der Waals surface area contributed by atoms with Gasteiger partial charge in [0, 0.05) is 12.4 Å². The van der Waals surface area contributed by atoms with E-state index in [-0.39, 0.29) is 5.97 Å². The van der Waals surface area contributed by atoms with Gasteiger partial charge in [-0.1, -0.05) is 25.7 Å². The largest absolute Gasteiger partial charge is 0.462 e. The number of carbonyl (C=O) groups excluding carboxylic acids is 1. The van der Waals surface area contributed by atoms with Crippen LogP contribution in [0.4, 0.5) is 5.69 Å². The Kier molecular flexibility index (Phi) is 4.56. The number of nitrogens with two attached hydrogens (primary N) is 1. The summed E-state index contributed by atoms with van der Waals surface area (Å²) >= 11 is 0. The van der Waals surface area contributed by atoms with Crippen molar-refractivity contribution in [1.29, 1.82) is 0 Å². The predicted octanol–water partition coefficient (Wildman–Crippen LogP) is 2.79. The predicted molar refractivity (Wildman–Crippen MR) is 70.1 cm³/mol. The van der Waals surface area contributed by atoms with Crippen molar-refractivity contribution in [3.05, 3.63) is 24.0 Å². The summed E-state index contributed by atoms with van der Waals surface area (Å²) in [7, 11) is 0. The highest BCUT2D eigenvalue weighted by Crippen LogP contribution is 2.23. The van der Waals surface area contributed by atoms with E-state index in [1.165, 1.54) is 50.9 Å². The van der Waals surface area contributed by atoms with Crippen molar-refractivity contribution in [2.45, 2.75) is 38.5 Å². The summed E-state index contributed by atoms with van der Waals surface area (Å²) in [5.41, 5.74) is 6.50. The van der Waals surface area contributed by atoms with Crippen molar-refractivity contribution >= 4 is 11.7 Å². The van der Waals surface area contributed by atoms with Gasteiger partial charge in [-0.15, -0.1) is 0 Å². The number of aromatic nitrogens is 1. The third-order valence-electron chi connectivity index (χ3n) is 3.42. The second-order valence-electron chi connectivity index (χ2n) is 4.96. The highest BCUT2D eigenvalue weighted by molar-refractivity contribution is 5.89. The maximum Gasteiger partial charge on any atom is 0.339 e. The Hall–Kier alpha value is -1.58. The molecule has 1 fully saturated rings. The molecule has 1 heterocycles. The van der Waals surface area contributed by atoms with Crippen LogP contribution in [0.1, 0.15) is 48.9 Å². The zero-order chi connectivity index (χ0) is 12.8. The summed E-state index contributed by atoms with van der Waals surface area (Å²) in [5, 5.41) is 0. The summed E-state index contributed by atoms with van der Waals surface area (Å²) in [4.78, 5) is 15.7. The molecule has 0 spiro atoms. The third kappa shape index (κ3) is 3.72. The van der Waals surface area contributed by atoms with Crippen molar-refractivity contribution in [2.75, 3.05) is 12.3 Å². The molecule has 0 bridgehead atoms. The number of ether oxygens (including phenoxy) is 1. The molecule has 0 aromatic carbocycles. The van der Waals surface area contributed by atoms with Gasteiger partial charge in [-0.05, 0) is 24.8 Å². The molecule has 1 aromatic rings. The minimum atomic E-state index is -0.320. The van der Waals surface area contributed by atoms with Crippen molar-refractivity contribution in [3.63, 3.8) is 0 Å². The summed E-state index contributed by atoms with van der Waals surface area (Å²) in [6.45, 7) is 0.521. The summed E-state index contributed by atoms with van der Waals surface area (Å²) < 4.78 is 5.34. The van der Waals surface area contributed by atoms with Crippen LogP contribution in [0.5, 0.6) is 0 Å². The second kappa shape index (κ2) is 6.38. The monoisotopic (exact) mass is 248 g/mol. The van der Waals surface area contributed by atoms with Crippen LogP contribution >= 0.6 is 0 Å². The van der Waals surface area contributed by atoms with Crippen molar-refractivity contribution < 1.29 is 9.53 Å². The number of nitrogen functional groups attached to an aromatic ring is 1. The van der Waals surface area contributed by atoms with E-state index < -0.39 is 0 Å². The zero-order valence-corrected chi connectivity index (χ0v) is 10.6. The summed E-state index contributed by atoms with van der Waals surface area (Å²) in [6.07, 6.45) is 10.5. The van der Waals surface area contributed by atoms with E-state index >= 15 is 0 Å². The highest BCUT2D eigenvalue weighted by Gasteiger charge is 2.15. The van der Waals surface area contributed by atoms with Crippen LogP contribution in [0.25, 0.3) is 0 Å². The lowest BCUT2D eigenvalue weighted by Crippen LogP contribution is -2.14. The molecule has 2 N–H and O–H groups in total. The minimum Gasteiger partial charge on any atom is -0.462 e. The van der Waals surface area contributed by atoms with Gasteiger partial charge >= 0.3 is 5.97 Å². The lowest BCUT2D eigenvalue weighted by Gasteiger charge is -2.14. The lowest BCUT2D eigenvalue weighted by atomic mass is 10.0. The van der Waals surface area contributed by atoms with Gasteiger partial charge < -0.3 is 10.5 Å². The maximum atomic E-state index is 11.8. The average Bonchev–Trinajstić information content (AvgIpc) is 2.64. The number of carbonyl (C=O) groups is 1. The molecular formula is C14H20N2O2. The van der Waals surface area contributed by atoms with Gasteiger partial charge in [0.25, 0.3) is 0 Å². The van der Waals surface area contributed by atoms with E-state index in [9.17, 15) is 4.79 Å². The van der Waals surface area contributed by atoms with Crippen molar-refractivity contribution in [3.8, 4) is 0 Å². The Morgan fingerprint density at radius 2 is 2.00 bits per heavy atom. The van der Waals surface area contributed by atoms with Crippen LogP contribution in [0.2, 0.25) is 0 Å². The third-order valence-corrected chi connectivity index (χ3v) is 3.42. The molecule has 1 aliphatic rings. The summed E-state index contributed by atoms with van der Waals surface area (Å²) in [6, 6.07) is 1.60. The van der Waals surface area contributed by atoms with E-state index in [2.05, 4.69) is 4.98 Å². The van der Waals surface area contributed by atoms with Crippen LogP contribution in [0, 0.1) is 5.92 Å². The van der Waals surface area contributed by atoms with Gasteiger partial charge in [0.2, 0.25) is 0 Å². The molecule has 1 aromatic heterocycles. The molecule has 0 atom stereocenters. The van der Waals surface area contributed by atoms with Gasteiger partial charge in [0.05, 0.1) is 17.9 Å². The summed E-state index contributed by atoms with van der Waals surface area (Å²) in [5.74, 6) is 0.199. The number of rotatable bonds is 3. The smallest absolute Gasteiger partial charge is 0.339 e. The van der Waals surface area contributed by atoms with Crippen LogP contribution in [-0.2, 0) is 4.74 Å². The molecule has 4 heteroatoms. The lowest BCUT2D eigenvalue weighted by molar-refractivity contribution is 0.0427. The van der Waals surface area contributed by atoms with Gasteiger partial charge in [0.15, 0.2) is 0 Å². The minimum absolute atomic E-state index is 0.320. The fourth-order valence-electron chi connectivity index (χ4n) is 2.38. The van der Waals surface area contributed by atoms with Crippen LogP contribution < -0.4 is 5.73 Å². The molecular weight excluding hydrogens is 228 g/mol. The molecule has 0 unspecified atom stereocenters. The molecule has 1 saturated carbocycles. The first-order chi connectivity index (χ1) is 8.75. The standard InChI is InChI=1S/C14H20N2O2/c15-13-7-12(8-16-9-13)14(17)18-10-11-5-3-1-2-4-6-11/h7-9,11H,1-6,10,15H2. The Morgan fingerprint density at radius 1 is 1.28 bits per heavy atom. The highest BCUT2D eigenvalue weighted by atomic mass is 16.5. The molecule has 2 rings (SSSR count). The first-order valence-electron chi connectivity index (χ1n) is 6.63. The average molecular weight is 248 g/mol. The van der Waals surface area contributed by atoms with Crippen LogP contribution in [0.3, 0.4) is 0 Å². The Bertz CT molecular complexity index is 399. The van der Waals surface area contributed by atoms with Gasteiger partial charge in [0.1, 0.15) is 0 Å². The molecule has 18 heavy (non-hydrogen) atoms. The number of hydrogen-bond donors (Lipinski definition) is 1. The van der Waals surface area contributed by atoms with Gasteiger partial charge in [-0.25, -0.2) is 4.79 Å². The fraction of sp³-hybridized carbons (Fsp3) is 0.571. The molecule has 4 nitrogen and oxygen atoms in total. The van der Waals surface area contributed by atoms with E-state index in [1.54, 1.807) is 6.07 Å². The maximum absolute atomic E-state index is 11.8. The molecule has 0 saturated heterocycles. The first-order valence-corrected chi connectivity index (χ1v) is 6.63. The van der Waals surface area contributed by atoms with E-state index in [1.807, 2.05) is 0 Å². The van der Waals surface area contributed by atoms with Crippen LogP contribution in [-0.4, -0.2) is 17.6 Å². The molecule has 0 radical (unpaired) electrons. The Balaban J connectivity index is 1.84. The number of anilines is 1. The normalized spacial score (nSPS) is 17.1. The Labute approximate surface area is 108 Å². The molecule has 98 valence electrons. The van der Waals surface area contributed by atoms with Gasteiger partial charge in [-0.2, -0.15) is 0 Å². The fourth-order valence-corrected chi connectivity index (χ4v) is 2.38. The first kappa shape index (κ1) is 12.9. The van der Waals surface area contributed by atoms with Crippen molar-refractivity contribution in [2.24, 2.45) is 5.92 Å². The van der Waals surface area contributed by atoms with Gasteiger partial charge in [-0.3, -0.25) is 4.98 Å². The van der Waals surface area contributed by atoms with E-state index in [0.717, 1.165) is 0 Å². The number of nitrogens with zero attached hydrogens (tertiary/aromatic N) is 1. The SMILES string of the molecule is Nc1cncc(C(=O)OCC2CCCCCC2)c1. The zero-order valence-electron chi connectivity index (χ0n) is 10.6. The van der Waals surface area contributed by atoms with E-state index in [0.29, 0.717) is 23.8 Å². The number of hydrogen-bond acceptors (Lipinski definition) is 4. The number of esters is 1. The molecule has 1 aliphatic carbocycles. The Morgan fingerprint density at radius 3 is 2.67 bits per heavy atom. The quantitative estimate of drug-likeness (QED) is 0.660. The number of pyridine rings is 1. The molecule has 0 amide bonds. The topological polar surface area (TPSA) is 65.2 Å². The molecule has 0 aliphatic heterocycles. The van der Waals surface area contributed by atoms with Crippen LogP contribution in [0.15, 0.2) is 18.5 Å². The second-order valence-corrected chi connectivity index (χ2v) is 4.96. The van der Waals surface area contributed by atoms with Crippen molar-refractivity contribution in [1.82, 2.24) is 4.98 Å².